The molecule has 1 aromatic carbocycles. The smallest absolute Gasteiger partial charge is 0.259 e. The van der Waals surface area contributed by atoms with E-state index in [4.69, 9.17) is 16.3 Å². The van der Waals surface area contributed by atoms with Gasteiger partial charge in [0.1, 0.15) is 23.5 Å². The number of amides is 2. The first-order chi connectivity index (χ1) is 14.8. The average Bonchev–Trinajstić information content (AvgIpc) is 2.95. The molecule has 8 heteroatoms. The Kier molecular flexibility index (Phi) is 7.38. The van der Waals surface area contributed by atoms with Gasteiger partial charge in [0.05, 0.1) is 6.54 Å². The Bertz CT molecular complexity index is 1030. The number of hydrogen-bond acceptors (Lipinski definition) is 4. The van der Waals surface area contributed by atoms with Crippen LogP contribution in [0.15, 0.2) is 35.4 Å². The molecule has 1 aliphatic rings. The minimum Gasteiger partial charge on any atom is -0.491 e. The number of ether oxygens (including phenoxy) is 1. The molecule has 2 aromatic rings. The number of aromatic nitrogens is 1. The molecule has 3 rings (SSSR count). The lowest BCUT2D eigenvalue weighted by molar-refractivity contribution is 0.0731. The minimum absolute atomic E-state index is 0.0230. The van der Waals surface area contributed by atoms with E-state index in [0.717, 1.165) is 18.4 Å². The van der Waals surface area contributed by atoms with Gasteiger partial charge in [-0.25, -0.2) is 0 Å². The molecular weight excluding hydrogens is 418 g/mol. The number of rotatable bonds is 6. The van der Waals surface area contributed by atoms with E-state index in [0.29, 0.717) is 30.5 Å². The van der Waals surface area contributed by atoms with E-state index in [1.54, 1.807) is 27.7 Å². The number of halogens is 1. The summed E-state index contributed by atoms with van der Waals surface area (Å²) in [4.78, 5) is 40.7. The molecule has 166 valence electrons. The summed E-state index contributed by atoms with van der Waals surface area (Å²) in [6.45, 7) is 7.24. The van der Waals surface area contributed by atoms with Crippen LogP contribution in [-0.4, -0.2) is 41.0 Å². The van der Waals surface area contributed by atoms with Gasteiger partial charge in [0.25, 0.3) is 11.8 Å². The van der Waals surface area contributed by atoms with Crippen molar-refractivity contribution >= 4 is 23.4 Å². The highest BCUT2D eigenvalue weighted by Gasteiger charge is 2.26. The van der Waals surface area contributed by atoms with Crippen LogP contribution in [0.1, 0.15) is 65.9 Å². The zero-order valence-corrected chi connectivity index (χ0v) is 18.9. The van der Waals surface area contributed by atoms with Crippen LogP contribution in [0, 0.1) is 0 Å². The third-order valence-electron chi connectivity index (χ3n) is 5.22. The van der Waals surface area contributed by atoms with Crippen molar-refractivity contribution in [2.24, 2.45) is 0 Å². The van der Waals surface area contributed by atoms with Crippen molar-refractivity contribution in [2.45, 2.75) is 46.2 Å². The van der Waals surface area contributed by atoms with Gasteiger partial charge in [0, 0.05) is 42.1 Å². The van der Waals surface area contributed by atoms with E-state index in [1.807, 2.05) is 20.8 Å². The van der Waals surface area contributed by atoms with Gasteiger partial charge in [0.2, 0.25) is 5.43 Å². The topological polar surface area (TPSA) is 80.6 Å². The van der Waals surface area contributed by atoms with Crippen LogP contribution in [0.2, 0.25) is 5.02 Å². The van der Waals surface area contributed by atoms with Crippen molar-refractivity contribution in [2.75, 3.05) is 19.7 Å². The quantitative estimate of drug-likeness (QED) is 0.688. The Labute approximate surface area is 187 Å². The second-order valence-corrected chi connectivity index (χ2v) is 8.33. The molecule has 0 atom stereocenters. The summed E-state index contributed by atoms with van der Waals surface area (Å²) in [5.41, 5.74) is 0.163. The van der Waals surface area contributed by atoms with Crippen LogP contribution in [0.4, 0.5) is 0 Å². The molecule has 0 unspecified atom stereocenters. The van der Waals surface area contributed by atoms with E-state index < -0.39 is 17.2 Å². The first-order valence-corrected chi connectivity index (χ1v) is 10.9. The van der Waals surface area contributed by atoms with Crippen LogP contribution >= 0.6 is 11.6 Å². The van der Waals surface area contributed by atoms with Crippen LogP contribution in [0.25, 0.3) is 0 Å². The normalized spacial score (nSPS) is 13.4. The number of fused-ring (bicyclic) bond motifs is 1. The number of pyridine rings is 1. The molecule has 31 heavy (non-hydrogen) atoms. The number of benzene rings is 1. The van der Waals surface area contributed by atoms with Gasteiger partial charge < -0.3 is 19.5 Å². The Balaban J connectivity index is 1.96. The fourth-order valence-electron chi connectivity index (χ4n) is 3.39. The zero-order valence-electron chi connectivity index (χ0n) is 18.1. The number of nitrogens with one attached hydrogen (secondary N) is 1. The van der Waals surface area contributed by atoms with Gasteiger partial charge in [-0.05, 0) is 38.5 Å². The number of carbonyl (C=O) groups excluding carboxylic acids is 2. The Morgan fingerprint density at radius 2 is 1.97 bits per heavy atom. The maximum atomic E-state index is 13.4. The number of nitrogens with zero attached hydrogens (tertiary/aromatic N) is 2. The molecule has 7 nitrogen and oxygen atoms in total. The summed E-state index contributed by atoms with van der Waals surface area (Å²) < 4.78 is 7.45. The number of hydrogen-bond donors (Lipinski definition) is 1. The van der Waals surface area contributed by atoms with Gasteiger partial charge in [-0.15, -0.1) is 0 Å². The van der Waals surface area contributed by atoms with Crippen molar-refractivity contribution in [1.82, 2.24) is 14.8 Å². The standard InChI is InChI=1S/C23H28ClN3O4/c1-4-5-8-25-22(29)18-13-27(15(2)3)14-19(21(18)28)23(30)26-9-10-31-20-7-6-17(24)11-16(20)12-26/h6-7,11,13-15H,4-5,8-10,12H2,1-3H3,(H,25,29). The molecule has 0 saturated carbocycles. The van der Waals surface area contributed by atoms with Crippen molar-refractivity contribution in [1.29, 1.82) is 0 Å². The third-order valence-corrected chi connectivity index (χ3v) is 5.46. The van der Waals surface area contributed by atoms with Crippen molar-refractivity contribution < 1.29 is 14.3 Å². The van der Waals surface area contributed by atoms with Crippen molar-refractivity contribution in [3.8, 4) is 5.75 Å². The van der Waals surface area contributed by atoms with Crippen molar-refractivity contribution in [3.05, 3.63) is 62.5 Å². The summed E-state index contributed by atoms with van der Waals surface area (Å²) in [7, 11) is 0. The Morgan fingerprint density at radius 1 is 1.23 bits per heavy atom. The maximum absolute atomic E-state index is 13.4. The lowest BCUT2D eigenvalue weighted by Crippen LogP contribution is -2.38. The molecule has 1 N–H and O–H groups in total. The summed E-state index contributed by atoms with van der Waals surface area (Å²) >= 11 is 6.11. The molecule has 0 bridgehead atoms. The molecule has 1 aromatic heterocycles. The van der Waals surface area contributed by atoms with E-state index >= 15 is 0 Å². The highest BCUT2D eigenvalue weighted by atomic mass is 35.5. The van der Waals surface area contributed by atoms with Gasteiger partial charge in [-0.1, -0.05) is 24.9 Å². The third kappa shape index (κ3) is 5.28. The summed E-state index contributed by atoms with van der Waals surface area (Å²) in [5, 5.41) is 3.32. The second kappa shape index (κ2) is 10.0. The van der Waals surface area contributed by atoms with Gasteiger partial charge in [-0.2, -0.15) is 0 Å². The second-order valence-electron chi connectivity index (χ2n) is 7.89. The van der Waals surface area contributed by atoms with E-state index in [1.165, 1.54) is 12.4 Å². The molecule has 0 spiro atoms. The van der Waals surface area contributed by atoms with Crippen LogP contribution < -0.4 is 15.5 Å². The van der Waals surface area contributed by atoms with Crippen LogP contribution in [0.3, 0.4) is 0 Å². The van der Waals surface area contributed by atoms with E-state index in [-0.39, 0.29) is 23.7 Å². The van der Waals surface area contributed by atoms with Crippen LogP contribution in [-0.2, 0) is 6.54 Å². The van der Waals surface area contributed by atoms with Gasteiger partial charge in [-0.3, -0.25) is 14.4 Å². The predicted octanol–water partition coefficient (Wildman–Crippen LogP) is 3.65. The molecule has 2 amide bonds. The van der Waals surface area contributed by atoms with Gasteiger partial charge >= 0.3 is 0 Å². The minimum atomic E-state index is -0.563. The lowest BCUT2D eigenvalue weighted by atomic mass is 10.1. The predicted molar refractivity (Wildman–Crippen MR) is 120 cm³/mol. The zero-order chi connectivity index (χ0) is 22.5. The molecule has 0 aliphatic carbocycles. The van der Waals surface area contributed by atoms with E-state index in [2.05, 4.69) is 5.32 Å². The van der Waals surface area contributed by atoms with E-state index in [9.17, 15) is 14.4 Å². The first-order valence-electron chi connectivity index (χ1n) is 10.6. The molecule has 0 radical (unpaired) electrons. The van der Waals surface area contributed by atoms with Crippen LogP contribution in [0.5, 0.6) is 5.75 Å². The van der Waals surface area contributed by atoms with Crippen molar-refractivity contribution in [3.63, 3.8) is 0 Å². The highest BCUT2D eigenvalue weighted by molar-refractivity contribution is 6.30. The Hall–Kier alpha value is -2.80. The summed E-state index contributed by atoms with van der Waals surface area (Å²) in [5.74, 6) is -0.221. The number of unbranched alkanes of at least 4 members (excludes halogenated alkanes) is 1. The summed E-state index contributed by atoms with van der Waals surface area (Å²) in [6, 6.07) is 5.24. The average molecular weight is 446 g/mol. The molecule has 0 saturated heterocycles. The monoisotopic (exact) mass is 445 g/mol. The first kappa shape index (κ1) is 22.9. The largest absolute Gasteiger partial charge is 0.491 e. The fourth-order valence-corrected chi connectivity index (χ4v) is 3.59. The molecular formula is C23H28ClN3O4. The SMILES string of the molecule is CCCCNC(=O)c1cn(C(C)C)cc(C(=O)N2CCOc3ccc(Cl)cc3C2)c1=O. The molecule has 2 heterocycles. The fraction of sp³-hybridized carbons (Fsp3) is 0.435. The summed E-state index contributed by atoms with van der Waals surface area (Å²) in [6.07, 6.45) is 4.80. The highest BCUT2D eigenvalue weighted by Crippen LogP contribution is 2.27. The molecule has 1 aliphatic heterocycles. The van der Waals surface area contributed by atoms with Gasteiger partial charge in [0.15, 0.2) is 0 Å². The maximum Gasteiger partial charge on any atom is 0.259 e. The lowest BCUT2D eigenvalue weighted by Gasteiger charge is -2.21. The Morgan fingerprint density at radius 3 is 2.68 bits per heavy atom. The number of carbonyl (C=O) groups is 2. The molecule has 0 fully saturated rings.